The first-order chi connectivity index (χ1) is 7.11. The monoisotopic (exact) mass is 222 g/mol. The zero-order valence-electron chi connectivity index (χ0n) is 9.59. The maximum Gasteiger partial charge on any atom is 0.0393 e. The fourth-order valence-electron chi connectivity index (χ4n) is 2.58. The van der Waals surface area contributed by atoms with Crippen molar-refractivity contribution in [2.45, 2.75) is 33.1 Å². The fraction of sp³-hybridized carbons (Fsp3) is 0.714. The summed E-state index contributed by atoms with van der Waals surface area (Å²) in [5.74, 6) is 9.75. The van der Waals surface area contributed by atoms with Crippen LogP contribution in [0.5, 0.6) is 0 Å². The number of hydrogen-bond donors (Lipinski definition) is 0. The molecule has 2 rings (SSSR count). The zero-order chi connectivity index (χ0) is 10.9. The van der Waals surface area contributed by atoms with Crippen LogP contribution >= 0.6 is 11.6 Å². The lowest BCUT2D eigenvalue weighted by molar-refractivity contribution is 0.458. The van der Waals surface area contributed by atoms with E-state index in [0.717, 1.165) is 24.2 Å². The highest BCUT2D eigenvalue weighted by atomic mass is 35.5. The molecule has 3 unspecified atom stereocenters. The molecule has 1 heteroatoms. The third-order valence-corrected chi connectivity index (χ3v) is 4.21. The number of halogens is 1. The second kappa shape index (κ2) is 4.22. The van der Waals surface area contributed by atoms with Gasteiger partial charge in [0.05, 0.1) is 0 Å². The Hall–Kier alpha value is -0.410. The van der Waals surface area contributed by atoms with Crippen molar-refractivity contribution in [2.24, 2.45) is 23.2 Å². The number of fused-ring (bicyclic) bond motifs is 2. The molecule has 0 radical (unpaired) electrons. The predicted molar refractivity (Wildman–Crippen MR) is 65.7 cm³/mol. The Balaban J connectivity index is 1.86. The minimum absolute atomic E-state index is 0.0188. The SMILES string of the molecule is CC(C)(C#CCC1CC2C=CC1C2)CCl. The second-order valence-corrected chi connectivity index (χ2v) is 5.83. The summed E-state index contributed by atoms with van der Waals surface area (Å²) >= 11 is 5.84. The van der Waals surface area contributed by atoms with E-state index >= 15 is 0 Å². The summed E-state index contributed by atoms with van der Waals surface area (Å²) < 4.78 is 0. The van der Waals surface area contributed by atoms with Gasteiger partial charge >= 0.3 is 0 Å². The summed E-state index contributed by atoms with van der Waals surface area (Å²) in [6.07, 6.45) is 8.58. The Bertz CT molecular complexity index is 316. The van der Waals surface area contributed by atoms with E-state index in [0.29, 0.717) is 5.88 Å². The summed E-state index contributed by atoms with van der Waals surface area (Å²) in [6.45, 7) is 4.21. The molecule has 1 fully saturated rings. The Labute approximate surface area is 98.1 Å². The van der Waals surface area contributed by atoms with E-state index in [1.165, 1.54) is 12.8 Å². The molecule has 2 aliphatic carbocycles. The molecule has 0 spiro atoms. The third-order valence-electron chi connectivity index (χ3n) is 3.54. The Morgan fingerprint density at radius 2 is 2.13 bits per heavy atom. The lowest BCUT2D eigenvalue weighted by atomic mass is 9.90. The molecular formula is C14H19Cl. The molecule has 82 valence electrons. The summed E-state index contributed by atoms with van der Waals surface area (Å²) in [5.41, 5.74) is -0.0188. The van der Waals surface area contributed by atoms with Crippen LogP contribution in [0.2, 0.25) is 0 Å². The van der Waals surface area contributed by atoms with Gasteiger partial charge in [0.2, 0.25) is 0 Å². The van der Waals surface area contributed by atoms with Crippen LogP contribution in [0, 0.1) is 35.0 Å². The van der Waals surface area contributed by atoms with Crippen molar-refractivity contribution in [3.63, 3.8) is 0 Å². The van der Waals surface area contributed by atoms with Crippen molar-refractivity contribution in [1.82, 2.24) is 0 Å². The molecule has 0 aromatic carbocycles. The van der Waals surface area contributed by atoms with Crippen LogP contribution in [0.15, 0.2) is 12.2 Å². The molecular weight excluding hydrogens is 204 g/mol. The van der Waals surface area contributed by atoms with Gasteiger partial charge in [-0.25, -0.2) is 0 Å². The molecule has 0 saturated heterocycles. The molecule has 0 aromatic rings. The van der Waals surface area contributed by atoms with Crippen molar-refractivity contribution in [3.05, 3.63) is 12.2 Å². The summed E-state index contributed by atoms with van der Waals surface area (Å²) in [5, 5.41) is 0. The minimum Gasteiger partial charge on any atom is -0.125 e. The smallest absolute Gasteiger partial charge is 0.0393 e. The zero-order valence-corrected chi connectivity index (χ0v) is 10.3. The van der Waals surface area contributed by atoms with Gasteiger partial charge < -0.3 is 0 Å². The van der Waals surface area contributed by atoms with Gasteiger partial charge in [-0.05, 0) is 44.4 Å². The van der Waals surface area contributed by atoms with Crippen molar-refractivity contribution in [1.29, 1.82) is 0 Å². The number of rotatable bonds is 2. The largest absolute Gasteiger partial charge is 0.125 e. The molecule has 15 heavy (non-hydrogen) atoms. The summed E-state index contributed by atoms with van der Waals surface area (Å²) in [6, 6.07) is 0. The quantitative estimate of drug-likeness (QED) is 0.378. The number of alkyl halides is 1. The molecule has 3 atom stereocenters. The van der Waals surface area contributed by atoms with Crippen LogP contribution in [0.25, 0.3) is 0 Å². The van der Waals surface area contributed by atoms with Crippen LogP contribution in [0.4, 0.5) is 0 Å². The first-order valence-corrected chi connectivity index (χ1v) is 6.38. The predicted octanol–water partition coefficient (Wildman–Crippen LogP) is 3.86. The van der Waals surface area contributed by atoms with Crippen molar-refractivity contribution in [3.8, 4) is 11.8 Å². The third kappa shape index (κ3) is 2.58. The number of allylic oxidation sites excluding steroid dienone is 2. The van der Waals surface area contributed by atoms with E-state index in [1.807, 2.05) is 0 Å². The molecule has 2 bridgehead atoms. The fourth-order valence-corrected chi connectivity index (χ4v) is 2.65. The van der Waals surface area contributed by atoms with Gasteiger partial charge in [-0.2, -0.15) is 0 Å². The van der Waals surface area contributed by atoms with Crippen LogP contribution in [-0.2, 0) is 0 Å². The van der Waals surface area contributed by atoms with Crippen LogP contribution in [0.3, 0.4) is 0 Å². The van der Waals surface area contributed by atoms with E-state index < -0.39 is 0 Å². The van der Waals surface area contributed by atoms with Gasteiger partial charge in [0, 0.05) is 17.7 Å². The van der Waals surface area contributed by atoms with E-state index in [1.54, 1.807) is 0 Å². The first-order valence-electron chi connectivity index (χ1n) is 5.85. The Kier molecular flexibility index (Phi) is 3.12. The Morgan fingerprint density at radius 1 is 1.33 bits per heavy atom. The highest BCUT2D eigenvalue weighted by Gasteiger charge is 2.34. The van der Waals surface area contributed by atoms with Gasteiger partial charge in [0.1, 0.15) is 0 Å². The van der Waals surface area contributed by atoms with Gasteiger partial charge in [-0.15, -0.1) is 17.5 Å². The molecule has 1 saturated carbocycles. The maximum absolute atomic E-state index is 5.84. The minimum atomic E-state index is -0.0188. The van der Waals surface area contributed by atoms with Gasteiger partial charge in [0.15, 0.2) is 0 Å². The van der Waals surface area contributed by atoms with Gasteiger partial charge in [-0.3, -0.25) is 0 Å². The van der Waals surface area contributed by atoms with E-state index in [2.05, 4.69) is 37.8 Å². The lowest BCUT2D eigenvalue weighted by Gasteiger charge is -2.15. The van der Waals surface area contributed by atoms with Crippen molar-refractivity contribution < 1.29 is 0 Å². The highest BCUT2D eigenvalue weighted by Crippen LogP contribution is 2.44. The standard InChI is InChI=1S/C14H19Cl/c1-14(2,10-15)7-3-4-12-8-11-5-6-13(12)9-11/h5-6,11-13H,4,8-10H2,1-2H3. The molecule has 0 aliphatic heterocycles. The molecule has 0 nitrogen and oxygen atoms in total. The lowest BCUT2D eigenvalue weighted by Crippen LogP contribution is -2.10. The normalized spacial score (nSPS) is 32.9. The summed E-state index contributed by atoms with van der Waals surface area (Å²) in [4.78, 5) is 0. The first kappa shape index (κ1) is 11.1. The van der Waals surface area contributed by atoms with E-state index in [-0.39, 0.29) is 5.41 Å². The molecule has 0 N–H and O–H groups in total. The molecule has 0 amide bonds. The Morgan fingerprint density at radius 3 is 2.67 bits per heavy atom. The van der Waals surface area contributed by atoms with Crippen LogP contribution in [-0.4, -0.2) is 5.88 Å². The maximum atomic E-state index is 5.84. The van der Waals surface area contributed by atoms with Gasteiger partial charge in [-0.1, -0.05) is 18.1 Å². The summed E-state index contributed by atoms with van der Waals surface area (Å²) in [7, 11) is 0. The molecule has 0 aromatic heterocycles. The van der Waals surface area contributed by atoms with Gasteiger partial charge in [0.25, 0.3) is 0 Å². The molecule has 2 aliphatic rings. The average molecular weight is 223 g/mol. The van der Waals surface area contributed by atoms with Crippen LogP contribution in [0.1, 0.15) is 33.1 Å². The van der Waals surface area contributed by atoms with Crippen LogP contribution < -0.4 is 0 Å². The van der Waals surface area contributed by atoms with Crippen molar-refractivity contribution >= 4 is 11.6 Å². The van der Waals surface area contributed by atoms with Crippen molar-refractivity contribution in [2.75, 3.05) is 5.88 Å². The van der Waals surface area contributed by atoms with E-state index in [9.17, 15) is 0 Å². The average Bonchev–Trinajstić information content (AvgIpc) is 2.79. The second-order valence-electron chi connectivity index (χ2n) is 5.56. The highest BCUT2D eigenvalue weighted by molar-refractivity contribution is 6.18. The number of hydrogen-bond acceptors (Lipinski definition) is 0. The topological polar surface area (TPSA) is 0 Å². The molecule has 0 heterocycles. The van der Waals surface area contributed by atoms with E-state index in [4.69, 9.17) is 11.6 Å².